The van der Waals surface area contributed by atoms with Crippen molar-refractivity contribution in [3.8, 4) is 0 Å². The van der Waals surface area contributed by atoms with E-state index >= 15 is 9.59 Å². The molecule has 2 bridgehead atoms. The van der Waals surface area contributed by atoms with Gasteiger partial charge in [0.1, 0.15) is 17.7 Å². The van der Waals surface area contributed by atoms with Crippen molar-refractivity contribution in [1.29, 1.82) is 0 Å². The lowest BCUT2D eigenvalue weighted by atomic mass is 9.70. The number of rotatable bonds is 18. The number of likely N-dealkylation sites (N-methyl/N-ethyl adjacent to an activating group) is 1. The second kappa shape index (κ2) is 18.6. The van der Waals surface area contributed by atoms with Crippen LogP contribution in [0, 0.1) is 11.8 Å². The summed E-state index contributed by atoms with van der Waals surface area (Å²) >= 11 is 3.78. The Kier molecular flexibility index (Phi) is 13.9. The molecule has 3 amide bonds. The summed E-state index contributed by atoms with van der Waals surface area (Å²) in [6, 6.07) is 16.3. The summed E-state index contributed by atoms with van der Waals surface area (Å²) < 4.78 is 18.8. The SMILES string of the molecule is C=CCCC(=O)N(C)[C@H](C)[C@H](OC(=O)[C@H]1[C@@H]2O[C@@]3(CC2Br)[C@@H]1C(=O)N([C@@H](CO)Cc1ccccc1)[C@@H]3C(=O)N(CC=C)CCN1CCOCC1)c1ccccc1. The summed E-state index contributed by atoms with van der Waals surface area (Å²) in [5.41, 5.74) is 0.216. The number of morpholine rings is 1. The molecule has 0 radical (unpaired) electrons. The van der Waals surface area contributed by atoms with Crippen molar-refractivity contribution in [2.75, 3.05) is 59.6 Å². The first-order valence-electron chi connectivity index (χ1n) is 19.7. The third-order valence-corrected chi connectivity index (χ3v) is 12.8. The molecule has 0 saturated carbocycles. The lowest BCUT2D eigenvalue weighted by Gasteiger charge is -2.40. The first kappa shape index (κ1) is 41.7. The third-order valence-electron chi connectivity index (χ3n) is 12.0. The molecule has 0 aliphatic carbocycles. The van der Waals surface area contributed by atoms with Crippen LogP contribution in [-0.4, -0.2) is 143 Å². The predicted octanol–water partition coefficient (Wildman–Crippen LogP) is 3.78. The monoisotopic (exact) mass is 834 g/mol. The molecule has 4 aliphatic rings. The number of fused-ring (bicyclic) bond motifs is 1. The van der Waals surface area contributed by atoms with Gasteiger partial charge < -0.3 is 34.0 Å². The van der Waals surface area contributed by atoms with Crippen molar-refractivity contribution in [3.63, 3.8) is 0 Å². The van der Waals surface area contributed by atoms with Gasteiger partial charge >= 0.3 is 5.97 Å². The Morgan fingerprint density at radius 2 is 1.75 bits per heavy atom. The minimum atomic E-state index is -1.37. The van der Waals surface area contributed by atoms with E-state index in [1.165, 1.54) is 4.90 Å². The zero-order valence-electron chi connectivity index (χ0n) is 32.4. The molecule has 9 atom stereocenters. The number of likely N-dealkylation sites (tertiary alicyclic amines) is 1. The lowest BCUT2D eigenvalue weighted by molar-refractivity contribution is -0.165. The summed E-state index contributed by atoms with van der Waals surface area (Å²) in [6.45, 7) is 13.1. The number of amides is 3. The Labute approximate surface area is 338 Å². The van der Waals surface area contributed by atoms with E-state index in [1.807, 2.05) is 67.6 Å². The zero-order valence-corrected chi connectivity index (χ0v) is 34.0. The highest BCUT2D eigenvalue weighted by Crippen LogP contribution is 2.61. The molecule has 13 heteroatoms. The van der Waals surface area contributed by atoms with Crippen molar-refractivity contribution in [2.45, 2.75) is 73.4 Å². The second-order valence-electron chi connectivity index (χ2n) is 15.3. The van der Waals surface area contributed by atoms with E-state index in [2.05, 4.69) is 34.0 Å². The van der Waals surface area contributed by atoms with E-state index in [9.17, 15) is 14.7 Å². The van der Waals surface area contributed by atoms with Gasteiger partial charge in [0.15, 0.2) is 0 Å². The minimum Gasteiger partial charge on any atom is -0.455 e. The number of aliphatic hydroxyl groups is 1. The number of hydrogen-bond acceptors (Lipinski definition) is 9. The van der Waals surface area contributed by atoms with Gasteiger partial charge in [0, 0.05) is 51.0 Å². The van der Waals surface area contributed by atoms with E-state index in [0.717, 1.165) is 18.7 Å². The Bertz CT molecular complexity index is 1710. The van der Waals surface area contributed by atoms with Gasteiger partial charge in [-0.2, -0.15) is 0 Å². The van der Waals surface area contributed by atoms with E-state index in [0.29, 0.717) is 51.1 Å². The number of esters is 1. The third kappa shape index (κ3) is 8.38. The highest BCUT2D eigenvalue weighted by Gasteiger charge is 2.77. The predicted molar refractivity (Wildman–Crippen MR) is 215 cm³/mol. The van der Waals surface area contributed by atoms with Crippen LogP contribution in [0.1, 0.15) is 43.4 Å². The molecule has 4 saturated heterocycles. The first-order valence-corrected chi connectivity index (χ1v) is 20.6. The number of carbonyl (C=O) groups excluding carboxylic acids is 4. The van der Waals surface area contributed by atoms with Crippen LogP contribution in [0.15, 0.2) is 86.0 Å². The van der Waals surface area contributed by atoms with Gasteiger partial charge in [-0.1, -0.05) is 88.7 Å². The van der Waals surface area contributed by atoms with Crippen molar-refractivity contribution >= 4 is 39.6 Å². The molecule has 56 heavy (non-hydrogen) atoms. The van der Waals surface area contributed by atoms with Crippen molar-refractivity contribution in [1.82, 2.24) is 19.6 Å². The average molecular weight is 836 g/mol. The van der Waals surface area contributed by atoms with Gasteiger partial charge in [-0.25, -0.2) is 0 Å². The van der Waals surface area contributed by atoms with Gasteiger partial charge in [0.25, 0.3) is 0 Å². The molecular weight excluding hydrogens is 780 g/mol. The maximum atomic E-state index is 15.1. The number of halogens is 1. The fourth-order valence-electron chi connectivity index (χ4n) is 8.98. The van der Waals surface area contributed by atoms with Crippen LogP contribution < -0.4 is 0 Å². The highest BCUT2D eigenvalue weighted by atomic mass is 79.9. The maximum Gasteiger partial charge on any atom is 0.313 e. The molecule has 4 aliphatic heterocycles. The van der Waals surface area contributed by atoms with E-state index in [1.54, 1.807) is 29.0 Å². The normalized spacial score (nSPS) is 27.2. The van der Waals surface area contributed by atoms with Crippen LogP contribution >= 0.6 is 15.9 Å². The molecule has 4 fully saturated rings. The van der Waals surface area contributed by atoms with Gasteiger partial charge in [-0.05, 0) is 37.3 Å². The Morgan fingerprint density at radius 3 is 2.39 bits per heavy atom. The largest absolute Gasteiger partial charge is 0.455 e. The van der Waals surface area contributed by atoms with E-state index in [-0.39, 0.29) is 29.6 Å². The van der Waals surface area contributed by atoms with Crippen molar-refractivity contribution in [3.05, 3.63) is 97.1 Å². The number of allylic oxidation sites excluding steroid dienone is 1. The van der Waals surface area contributed by atoms with Gasteiger partial charge in [-0.15, -0.1) is 13.2 Å². The van der Waals surface area contributed by atoms with Crippen LogP contribution in [0.5, 0.6) is 0 Å². The summed E-state index contributed by atoms with van der Waals surface area (Å²) in [4.78, 5) is 64.8. The number of ether oxygens (including phenoxy) is 3. The Balaban J connectivity index is 1.36. The number of benzene rings is 2. The van der Waals surface area contributed by atoms with Gasteiger partial charge in [0.05, 0.1) is 49.8 Å². The molecule has 0 aromatic heterocycles. The summed E-state index contributed by atoms with van der Waals surface area (Å²) in [5.74, 6) is -3.60. The fourth-order valence-corrected chi connectivity index (χ4v) is 9.92. The maximum absolute atomic E-state index is 15.1. The summed E-state index contributed by atoms with van der Waals surface area (Å²) in [5, 5.41) is 11.0. The number of hydrogen-bond donors (Lipinski definition) is 1. The number of carbonyl (C=O) groups is 4. The average Bonchev–Trinajstić information content (AvgIpc) is 3.82. The minimum absolute atomic E-state index is 0.119. The number of aliphatic hydroxyl groups excluding tert-OH is 1. The fraction of sp³-hybridized carbons (Fsp3) is 0.535. The topological polar surface area (TPSA) is 129 Å². The first-order chi connectivity index (χ1) is 27.1. The lowest BCUT2D eigenvalue weighted by Crippen LogP contribution is -2.60. The van der Waals surface area contributed by atoms with Gasteiger partial charge in [0.2, 0.25) is 17.7 Å². The van der Waals surface area contributed by atoms with Crippen LogP contribution in [0.4, 0.5) is 0 Å². The zero-order chi connectivity index (χ0) is 40.0. The number of nitrogens with zero attached hydrogens (tertiary/aromatic N) is 4. The summed E-state index contributed by atoms with van der Waals surface area (Å²) in [6.07, 6.45) is 3.12. The van der Waals surface area contributed by atoms with E-state index in [4.69, 9.17) is 14.2 Å². The van der Waals surface area contributed by atoms with Crippen LogP contribution in [0.25, 0.3) is 0 Å². The molecule has 1 N–H and O–H groups in total. The quantitative estimate of drug-likeness (QED) is 0.136. The Morgan fingerprint density at radius 1 is 1.07 bits per heavy atom. The molecule has 302 valence electrons. The molecule has 6 rings (SSSR count). The number of alkyl halides is 1. The van der Waals surface area contributed by atoms with Crippen molar-refractivity contribution < 1.29 is 38.5 Å². The van der Waals surface area contributed by atoms with Crippen LogP contribution in [0.2, 0.25) is 0 Å². The molecule has 1 spiro atoms. The van der Waals surface area contributed by atoms with Gasteiger partial charge in [-0.3, -0.25) is 24.1 Å². The molecule has 2 aromatic carbocycles. The molecule has 2 aromatic rings. The molecule has 4 heterocycles. The van der Waals surface area contributed by atoms with Crippen LogP contribution in [0.3, 0.4) is 0 Å². The standard InChI is InChI=1S/C43H55BrN4O8/c1-5-7-18-34(50)45(4)29(3)37(31-16-12-9-13-17-31)55-42(53)35-36-40(51)48(32(28-49)26-30-14-10-8-11-15-30)39(43(36)27-33(44)38(35)56-43)41(52)47(19-6-2)21-20-46-22-24-54-25-23-46/h5-6,8-17,29,32-33,35-39,49H,1-2,7,18-28H2,3-4H3/t29-,32-,33?,35-,36+,37+,38-,39-,43+/m1/s1. The molecule has 1 unspecified atom stereocenters. The highest BCUT2D eigenvalue weighted by molar-refractivity contribution is 9.09. The second-order valence-corrected chi connectivity index (χ2v) is 16.5. The molecule has 12 nitrogen and oxygen atoms in total. The van der Waals surface area contributed by atoms with Crippen LogP contribution in [-0.2, 0) is 39.8 Å². The molecular formula is C43H55BrN4O8. The smallest absolute Gasteiger partial charge is 0.313 e. The van der Waals surface area contributed by atoms with E-state index < -0.39 is 66.3 Å². The summed E-state index contributed by atoms with van der Waals surface area (Å²) in [7, 11) is 1.69. The Hall–Kier alpha value is -3.88. The van der Waals surface area contributed by atoms with Crippen molar-refractivity contribution in [2.24, 2.45) is 11.8 Å².